The summed E-state index contributed by atoms with van der Waals surface area (Å²) in [6, 6.07) is 18.1. The van der Waals surface area contributed by atoms with Crippen LogP contribution in [0.3, 0.4) is 0 Å². The van der Waals surface area contributed by atoms with Crippen molar-refractivity contribution in [2.75, 3.05) is 19.0 Å². The summed E-state index contributed by atoms with van der Waals surface area (Å²) >= 11 is 1.56. The van der Waals surface area contributed by atoms with Gasteiger partial charge in [0.1, 0.15) is 5.75 Å². The molecular formula is C23H23N3O2S. The van der Waals surface area contributed by atoms with E-state index in [1.807, 2.05) is 30.3 Å². The minimum Gasteiger partial charge on any atom is -0.496 e. The summed E-state index contributed by atoms with van der Waals surface area (Å²) in [6.45, 7) is 2.78. The Hall–Kier alpha value is -2.96. The zero-order valence-electron chi connectivity index (χ0n) is 16.3. The Morgan fingerprint density at radius 1 is 1.21 bits per heavy atom. The van der Waals surface area contributed by atoms with Crippen molar-refractivity contribution in [3.05, 3.63) is 82.4 Å². The van der Waals surface area contributed by atoms with Gasteiger partial charge in [0.25, 0.3) is 0 Å². The second-order valence-corrected chi connectivity index (χ2v) is 7.98. The molecule has 3 aromatic rings. The van der Waals surface area contributed by atoms with E-state index in [9.17, 15) is 4.79 Å². The third-order valence-electron chi connectivity index (χ3n) is 4.84. The number of nitrogens with zero attached hydrogens (tertiary/aromatic N) is 2. The number of rotatable bonds is 6. The summed E-state index contributed by atoms with van der Waals surface area (Å²) in [4.78, 5) is 20.6. The molecule has 0 saturated heterocycles. The molecule has 148 valence electrons. The van der Waals surface area contributed by atoms with Gasteiger partial charge in [-0.15, -0.1) is 11.3 Å². The fourth-order valence-electron chi connectivity index (χ4n) is 3.40. The van der Waals surface area contributed by atoms with Gasteiger partial charge in [0, 0.05) is 42.6 Å². The Labute approximate surface area is 174 Å². The molecule has 0 aliphatic carbocycles. The van der Waals surface area contributed by atoms with E-state index >= 15 is 0 Å². The molecule has 0 bridgehead atoms. The summed E-state index contributed by atoms with van der Waals surface area (Å²) in [6.07, 6.45) is 4.18. The molecule has 6 heteroatoms. The number of carbonyl (C=O) groups is 1. The molecule has 1 aromatic heterocycles. The predicted molar refractivity (Wildman–Crippen MR) is 117 cm³/mol. The number of hydrogen-bond acceptors (Lipinski definition) is 5. The molecule has 0 atom stereocenters. The number of benzene rings is 2. The van der Waals surface area contributed by atoms with Crippen LogP contribution in [0.4, 0.5) is 5.13 Å². The van der Waals surface area contributed by atoms with Crippen LogP contribution >= 0.6 is 11.3 Å². The lowest BCUT2D eigenvalue weighted by atomic mass is 10.1. The fourth-order valence-corrected chi connectivity index (χ4v) is 4.45. The first kappa shape index (κ1) is 19.4. The summed E-state index contributed by atoms with van der Waals surface area (Å²) < 4.78 is 5.31. The normalized spacial score (nSPS) is 14.0. The van der Waals surface area contributed by atoms with Crippen LogP contribution in [-0.2, 0) is 24.3 Å². The Morgan fingerprint density at radius 2 is 2.00 bits per heavy atom. The Bertz CT molecular complexity index is 1010. The molecule has 0 saturated carbocycles. The first-order valence-corrected chi connectivity index (χ1v) is 10.4. The van der Waals surface area contributed by atoms with Gasteiger partial charge in [-0.05, 0) is 17.7 Å². The number of nitrogens with one attached hydrogen (secondary N) is 1. The van der Waals surface area contributed by atoms with Crippen LogP contribution in [-0.4, -0.2) is 29.4 Å². The first-order valence-electron chi connectivity index (χ1n) is 9.58. The number of anilines is 1. The van der Waals surface area contributed by atoms with Crippen molar-refractivity contribution < 1.29 is 9.53 Å². The fraction of sp³-hybridized carbons (Fsp3) is 0.217. The van der Waals surface area contributed by atoms with Gasteiger partial charge in [0.05, 0.1) is 12.8 Å². The van der Waals surface area contributed by atoms with Crippen LogP contribution in [0, 0.1) is 0 Å². The highest BCUT2D eigenvalue weighted by molar-refractivity contribution is 7.15. The van der Waals surface area contributed by atoms with E-state index in [1.54, 1.807) is 24.5 Å². The summed E-state index contributed by atoms with van der Waals surface area (Å²) in [5.41, 5.74) is 3.28. The molecule has 1 amide bonds. The monoisotopic (exact) mass is 405 g/mol. The highest BCUT2D eigenvalue weighted by atomic mass is 32.1. The third-order valence-corrected chi connectivity index (χ3v) is 5.84. The van der Waals surface area contributed by atoms with Crippen molar-refractivity contribution in [2.24, 2.45) is 0 Å². The predicted octanol–water partition coefficient (Wildman–Crippen LogP) is 4.36. The maximum atomic E-state index is 12.3. The molecular weight excluding hydrogens is 382 g/mol. The van der Waals surface area contributed by atoms with E-state index in [4.69, 9.17) is 4.74 Å². The van der Waals surface area contributed by atoms with Crippen LogP contribution in [0.15, 0.2) is 60.7 Å². The van der Waals surface area contributed by atoms with Gasteiger partial charge < -0.3 is 4.74 Å². The number of thiazole rings is 1. The molecule has 1 aliphatic rings. The van der Waals surface area contributed by atoms with Crippen molar-refractivity contribution in [1.82, 2.24) is 9.88 Å². The van der Waals surface area contributed by atoms with E-state index in [2.05, 4.69) is 39.5 Å². The topological polar surface area (TPSA) is 54.5 Å². The molecule has 2 aromatic carbocycles. The van der Waals surface area contributed by atoms with Crippen LogP contribution < -0.4 is 10.1 Å². The number of methoxy groups -OCH3 is 1. The number of aromatic nitrogens is 1. The molecule has 29 heavy (non-hydrogen) atoms. The van der Waals surface area contributed by atoms with Gasteiger partial charge in [0.15, 0.2) is 5.13 Å². The standard InChI is InChI=1S/C23H23N3O2S/c1-28-20-10-6-5-9-18(20)11-12-22(27)25-23-24-19-13-14-26(16-21(19)29-23)15-17-7-3-2-4-8-17/h2-12H,13-16H2,1H3,(H,24,25,27)/b12-11+. The quantitative estimate of drug-likeness (QED) is 0.619. The lowest BCUT2D eigenvalue weighted by Gasteiger charge is -2.25. The summed E-state index contributed by atoms with van der Waals surface area (Å²) in [7, 11) is 1.62. The van der Waals surface area contributed by atoms with Gasteiger partial charge in [-0.3, -0.25) is 15.0 Å². The molecule has 0 spiro atoms. The van der Waals surface area contributed by atoms with E-state index in [1.165, 1.54) is 16.5 Å². The summed E-state index contributed by atoms with van der Waals surface area (Å²) in [5, 5.41) is 3.55. The zero-order chi connectivity index (χ0) is 20.1. The smallest absolute Gasteiger partial charge is 0.250 e. The highest BCUT2D eigenvalue weighted by Crippen LogP contribution is 2.29. The number of carbonyl (C=O) groups excluding carboxylic acids is 1. The minimum atomic E-state index is -0.192. The van der Waals surface area contributed by atoms with Crippen molar-refractivity contribution in [1.29, 1.82) is 0 Å². The zero-order valence-corrected chi connectivity index (χ0v) is 17.1. The van der Waals surface area contributed by atoms with E-state index in [0.29, 0.717) is 5.13 Å². The average molecular weight is 406 g/mol. The molecule has 0 unspecified atom stereocenters. The number of fused-ring (bicyclic) bond motifs is 1. The SMILES string of the molecule is COc1ccccc1/C=C/C(=O)Nc1nc2c(s1)CN(Cc1ccccc1)CC2. The van der Waals surface area contributed by atoms with Crippen molar-refractivity contribution >= 4 is 28.5 Å². The van der Waals surface area contributed by atoms with Gasteiger partial charge in [0.2, 0.25) is 5.91 Å². The van der Waals surface area contributed by atoms with Crippen molar-refractivity contribution in [2.45, 2.75) is 19.5 Å². The van der Waals surface area contributed by atoms with Crippen molar-refractivity contribution in [3.63, 3.8) is 0 Å². The maximum absolute atomic E-state index is 12.3. The maximum Gasteiger partial charge on any atom is 0.250 e. The second-order valence-electron chi connectivity index (χ2n) is 6.90. The molecule has 4 rings (SSSR count). The molecule has 0 fully saturated rings. The number of ether oxygens (including phenoxy) is 1. The molecule has 2 heterocycles. The summed E-state index contributed by atoms with van der Waals surface area (Å²) in [5.74, 6) is 0.544. The Morgan fingerprint density at radius 3 is 2.83 bits per heavy atom. The molecule has 1 aliphatic heterocycles. The number of para-hydroxylation sites is 1. The van der Waals surface area contributed by atoms with Gasteiger partial charge in [-0.2, -0.15) is 0 Å². The Kier molecular flexibility index (Phi) is 6.03. The van der Waals surface area contributed by atoms with Gasteiger partial charge in [-0.25, -0.2) is 4.98 Å². The van der Waals surface area contributed by atoms with E-state index < -0.39 is 0 Å². The van der Waals surface area contributed by atoms with Gasteiger partial charge in [-0.1, -0.05) is 48.5 Å². The largest absolute Gasteiger partial charge is 0.496 e. The van der Waals surface area contributed by atoms with Crippen LogP contribution in [0.5, 0.6) is 5.75 Å². The number of hydrogen-bond donors (Lipinski definition) is 1. The van der Waals surface area contributed by atoms with Crippen LogP contribution in [0.1, 0.15) is 21.7 Å². The number of amides is 1. The Balaban J connectivity index is 1.38. The second kappa shape index (κ2) is 9.03. The highest BCUT2D eigenvalue weighted by Gasteiger charge is 2.21. The lowest BCUT2D eigenvalue weighted by molar-refractivity contribution is -0.111. The molecule has 5 nitrogen and oxygen atoms in total. The van der Waals surface area contributed by atoms with Crippen LogP contribution in [0.2, 0.25) is 0 Å². The molecule has 0 radical (unpaired) electrons. The van der Waals surface area contributed by atoms with Crippen molar-refractivity contribution in [3.8, 4) is 5.75 Å². The molecule has 1 N–H and O–H groups in total. The lowest BCUT2D eigenvalue weighted by Crippen LogP contribution is -2.29. The van der Waals surface area contributed by atoms with Crippen LogP contribution in [0.25, 0.3) is 6.08 Å². The van der Waals surface area contributed by atoms with Gasteiger partial charge >= 0.3 is 0 Å². The first-order chi connectivity index (χ1) is 14.2. The van der Waals surface area contributed by atoms with E-state index in [-0.39, 0.29) is 5.91 Å². The average Bonchev–Trinajstić information content (AvgIpc) is 3.14. The third kappa shape index (κ3) is 4.91. The minimum absolute atomic E-state index is 0.192. The van der Waals surface area contributed by atoms with E-state index in [0.717, 1.165) is 43.1 Å².